The molecule has 4 aromatic carbocycles. The fraction of sp³-hybridized carbons (Fsp3) is 0. The SMILES string of the molecule is Nc1cccc(Oc2ccc([B]c3ccc(Oc4cccc(N)c4)cc3)cc2)c1. The standard InChI is InChI=1S/C24H20BN2O2/c26-19-3-1-5-23(15-19)28-21-11-7-17(8-12-21)25-18-9-13-22(14-10-18)29-24-6-2-4-20(27)16-24/h1-16H,26-27H2. The molecule has 4 N–H and O–H groups in total. The molecule has 4 nitrogen and oxygen atoms in total. The van der Waals surface area contributed by atoms with Crippen molar-refractivity contribution in [3.05, 3.63) is 97.1 Å². The number of hydrogen-bond acceptors (Lipinski definition) is 4. The number of nitrogens with two attached hydrogens (primary N) is 2. The molecule has 141 valence electrons. The molecule has 0 atom stereocenters. The molecule has 0 saturated heterocycles. The van der Waals surface area contributed by atoms with E-state index < -0.39 is 0 Å². The van der Waals surface area contributed by atoms with Crippen LogP contribution in [0.3, 0.4) is 0 Å². The predicted octanol–water partition coefficient (Wildman–Crippen LogP) is 4.09. The molecule has 0 heterocycles. The smallest absolute Gasteiger partial charge is 0.191 e. The molecule has 0 spiro atoms. The van der Waals surface area contributed by atoms with Gasteiger partial charge in [-0.3, -0.25) is 0 Å². The van der Waals surface area contributed by atoms with E-state index >= 15 is 0 Å². The highest BCUT2D eigenvalue weighted by Crippen LogP contribution is 2.23. The van der Waals surface area contributed by atoms with Gasteiger partial charge in [-0.2, -0.15) is 0 Å². The molecule has 1 radical (unpaired) electrons. The summed E-state index contributed by atoms with van der Waals surface area (Å²) in [6.07, 6.45) is 0. The van der Waals surface area contributed by atoms with Crippen LogP contribution in [0, 0.1) is 0 Å². The van der Waals surface area contributed by atoms with E-state index in [1.165, 1.54) is 0 Å². The highest BCUT2D eigenvalue weighted by molar-refractivity contribution is 6.67. The maximum Gasteiger partial charge on any atom is 0.191 e. The van der Waals surface area contributed by atoms with E-state index in [2.05, 4.69) is 7.28 Å². The largest absolute Gasteiger partial charge is 0.457 e. The third-order valence-electron chi connectivity index (χ3n) is 4.28. The zero-order chi connectivity index (χ0) is 20.1. The molecule has 0 saturated carbocycles. The summed E-state index contributed by atoms with van der Waals surface area (Å²) < 4.78 is 11.7. The summed E-state index contributed by atoms with van der Waals surface area (Å²) in [4.78, 5) is 0. The highest BCUT2D eigenvalue weighted by Gasteiger charge is 2.03. The molecule has 0 aliphatic rings. The van der Waals surface area contributed by atoms with Gasteiger partial charge in [0.25, 0.3) is 0 Å². The van der Waals surface area contributed by atoms with Crippen LogP contribution >= 0.6 is 0 Å². The molecule has 29 heavy (non-hydrogen) atoms. The summed E-state index contributed by atoms with van der Waals surface area (Å²) in [6.45, 7) is 0. The molecule has 0 bridgehead atoms. The van der Waals surface area contributed by atoms with Crippen molar-refractivity contribution in [3.63, 3.8) is 0 Å². The Morgan fingerprint density at radius 3 is 1.28 bits per heavy atom. The van der Waals surface area contributed by atoms with E-state index in [9.17, 15) is 0 Å². The van der Waals surface area contributed by atoms with Gasteiger partial charge in [0.15, 0.2) is 7.28 Å². The molecule has 0 aliphatic heterocycles. The number of rotatable bonds is 6. The van der Waals surface area contributed by atoms with Crippen LogP contribution in [-0.4, -0.2) is 7.28 Å². The fourth-order valence-corrected chi connectivity index (χ4v) is 2.88. The van der Waals surface area contributed by atoms with Gasteiger partial charge in [0.05, 0.1) is 0 Å². The topological polar surface area (TPSA) is 70.5 Å². The Labute approximate surface area is 170 Å². The molecular formula is C24H20BN2O2. The molecular weight excluding hydrogens is 359 g/mol. The number of ether oxygens (including phenoxy) is 2. The van der Waals surface area contributed by atoms with E-state index in [1.54, 1.807) is 12.1 Å². The second-order valence-electron chi connectivity index (χ2n) is 6.63. The normalized spacial score (nSPS) is 10.3. The van der Waals surface area contributed by atoms with E-state index in [-0.39, 0.29) is 0 Å². The van der Waals surface area contributed by atoms with Crippen molar-refractivity contribution in [2.75, 3.05) is 11.5 Å². The van der Waals surface area contributed by atoms with Gasteiger partial charge in [-0.1, -0.05) is 47.3 Å². The third-order valence-corrected chi connectivity index (χ3v) is 4.28. The van der Waals surface area contributed by atoms with Crippen LogP contribution < -0.4 is 31.9 Å². The van der Waals surface area contributed by atoms with Gasteiger partial charge in [-0.15, -0.1) is 0 Å². The van der Waals surface area contributed by atoms with Crippen LogP contribution in [0.2, 0.25) is 0 Å². The van der Waals surface area contributed by atoms with Gasteiger partial charge in [-0.25, -0.2) is 0 Å². The summed E-state index contributed by atoms with van der Waals surface area (Å²) in [5.74, 6) is 2.97. The van der Waals surface area contributed by atoms with Crippen molar-refractivity contribution in [2.24, 2.45) is 0 Å². The predicted molar refractivity (Wildman–Crippen MR) is 120 cm³/mol. The Morgan fingerprint density at radius 1 is 0.483 bits per heavy atom. The van der Waals surface area contributed by atoms with E-state index in [0.29, 0.717) is 11.4 Å². The third kappa shape index (κ3) is 5.11. The number of hydrogen-bond donors (Lipinski definition) is 2. The quantitative estimate of drug-likeness (QED) is 0.391. The van der Waals surface area contributed by atoms with Crippen molar-refractivity contribution < 1.29 is 9.47 Å². The van der Waals surface area contributed by atoms with Crippen LogP contribution in [0.5, 0.6) is 23.0 Å². The maximum atomic E-state index is 5.83. The molecule has 4 rings (SSSR count). The highest BCUT2D eigenvalue weighted by atomic mass is 16.5. The number of anilines is 2. The van der Waals surface area contributed by atoms with Crippen molar-refractivity contribution in [2.45, 2.75) is 0 Å². The van der Waals surface area contributed by atoms with Crippen molar-refractivity contribution in [1.82, 2.24) is 0 Å². The Hall–Kier alpha value is -3.86. The van der Waals surface area contributed by atoms with Crippen LogP contribution in [0.4, 0.5) is 11.4 Å². The van der Waals surface area contributed by atoms with Gasteiger partial charge >= 0.3 is 0 Å². The Bertz CT molecular complexity index is 1010. The zero-order valence-electron chi connectivity index (χ0n) is 15.8. The van der Waals surface area contributed by atoms with Crippen LogP contribution in [0.1, 0.15) is 0 Å². The minimum Gasteiger partial charge on any atom is -0.457 e. The Kier molecular flexibility index (Phi) is 5.39. The van der Waals surface area contributed by atoms with Crippen LogP contribution in [0.15, 0.2) is 97.1 Å². The monoisotopic (exact) mass is 379 g/mol. The molecule has 0 aliphatic carbocycles. The van der Waals surface area contributed by atoms with Gasteiger partial charge < -0.3 is 20.9 Å². The minimum absolute atomic E-state index is 0.676. The lowest BCUT2D eigenvalue weighted by atomic mass is 9.64. The summed E-state index contributed by atoms with van der Waals surface area (Å²) in [6, 6.07) is 30.5. The zero-order valence-corrected chi connectivity index (χ0v) is 15.8. The molecule has 4 aromatic rings. The van der Waals surface area contributed by atoms with Crippen LogP contribution in [-0.2, 0) is 0 Å². The minimum atomic E-state index is 0.676. The van der Waals surface area contributed by atoms with Crippen LogP contribution in [0.25, 0.3) is 0 Å². The lowest BCUT2D eigenvalue weighted by Gasteiger charge is -2.08. The van der Waals surface area contributed by atoms with Gasteiger partial charge in [0.1, 0.15) is 23.0 Å². The van der Waals surface area contributed by atoms with Crippen molar-refractivity contribution in [3.8, 4) is 23.0 Å². The van der Waals surface area contributed by atoms with Crippen molar-refractivity contribution >= 4 is 29.6 Å². The molecule has 0 fully saturated rings. The van der Waals surface area contributed by atoms with E-state index in [4.69, 9.17) is 20.9 Å². The number of nitrogen functional groups attached to an aromatic ring is 2. The van der Waals surface area contributed by atoms with Gasteiger partial charge in [0.2, 0.25) is 0 Å². The Balaban J connectivity index is 1.37. The van der Waals surface area contributed by atoms with E-state index in [1.807, 2.05) is 84.9 Å². The molecule has 0 amide bonds. The lowest BCUT2D eigenvalue weighted by molar-refractivity contribution is 0.483. The Morgan fingerprint density at radius 2 is 0.897 bits per heavy atom. The second-order valence-corrected chi connectivity index (χ2v) is 6.63. The molecule has 0 aromatic heterocycles. The number of benzene rings is 4. The van der Waals surface area contributed by atoms with E-state index in [0.717, 1.165) is 33.9 Å². The first-order valence-electron chi connectivity index (χ1n) is 9.26. The first-order valence-corrected chi connectivity index (χ1v) is 9.26. The average molecular weight is 379 g/mol. The fourth-order valence-electron chi connectivity index (χ4n) is 2.88. The molecule has 5 heteroatoms. The van der Waals surface area contributed by atoms with Gasteiger partial charge in [0, 0.05) is 23.5 Å². The first-order chi connectivity index (χ1) is 14.1. The second kappa shape index (κ2) is 8.44. The first kappa shape index (κ1) is 18.5. The summed E-state index contributed by atoms with van der Waals surface area (Å²) in [7, 11) is 2.09. The molecule has 0 unspecified atom stereocenters. The lowest BCUT2D eigenvalue weighted by Crippen LogP contribution is -2.26. The summed E-state index contributed by atoms with van der Waals surface area (Å²) >= 11 is 0. The maximum absolute atomic E-state index is 5.83. The van der Waals surface area contributed by atoms with Crippen molar-refractivity contribution in [1.29, 1.82) is 0 Å². The van der Waals surface area contributed by atoms with Gasteiger partial charge in [-0.05, 0) is 48.5 Å². The summed E-state index contributed by atoms with van der Waals surface area (Å²) in [5.41, 5.74) is 15.1. The average Bonchev–Trinajstić information content (AvgIpc) is 2.71. The summed E-state index contributed by atoms with van der Waals surface area (Å²) in [5, 5.41) is 0.